The molecule has 40 heavy (non-hydrogen) atoms. The highest BCUT2D eigenvalue weighted by Gasteiger charge is 2.15. The highest BCUT2D eigenvalue weighted by molar-refractivity contribution is 7.33. The van der Waals surface area contributed by atoms with E-state index < -0.39 is 44.6 Å². The molecule has 0 saturated heterocycles. The Bertz CT molecular complexity index is 678. The van der Waals surface area contributed by atoms with Crippen LogP contribution in [-0.4, -0.2) is 88.9 Å². The summed E-state index contributed by atoms with van der Waals surface area (Å²) in [5.74, 6) is -2.57. The molecule has 0 bridgehead atoms. The van der Waals surface area contributed by atoms with Crippen LogP contribution in [0.5, 0.6) is 0 Å². The van der Waals surface area contributed by atoms with Gasteiger partial charge in [-0.15, -0.1) is 0 Å². The van der Waals surface area contributed by atoms with Crippen molar-refractivity contribution in [3.8, 4) is 0 Å². The van der Waals surface area contributed by atoms with Crippen molar-refractivity contribution in [3.63, 3.8) is 0 Å². The van der Waals surface area contributed by atoms with E-state index in [1.807, 2.05) is 0 Å². The number of carboxylic acid groups (broad SMARTS) is 3. The fourth-order valence-electron chi connectivity index (χ4n) is 2.01. The van der Waals surface area contributed by atoms with Crippen molar-refractivity contribution in [2.45, 2.75) is 56.7 Å². The van der Waals surface area contributed by atoms with E-state index >= 15 is 0 Å². The molecule has 0 heterocycles. The van der Waals surface area contributed by atoms with Crippen LogP contribution in [0.1, 0.15) is 38.5 Å². The van der Waals surface area contributed by atoms with Crippen molar-refractivity contribution in [1.29, 1.82) is 0 Å². The summed E-state index contributed by atoms with van der Waals surface area (Å²) in [5.41, 5.74) is 40.7. The molecule has 0 rings (SSSR count). The SMILES string of the molecule is NC(N)=NCCC[C@H]([NH3+])C(=O)O.NC(N)=NCCC[C@H]([NH3+])C(=O)O.NC(N)=NCCC[C@H]([NH3+])C(=O)O.[O-]P([O-])[O-]. The van der Waals surface area contributed by atoms with Crippen LogP contribution in [0.15, 0.2) is 15.0 Å². The van der Waals surface area contributed by atoms with Gasteiger partial charge in [0.15, 0.2) is 36.0 Å². The maximum Gasteiger partial charge on any atom is 0.362 e. The number of aliphatic imine (C=N–C) groups is 3. The first kappa shape index (κ1) is 43.5. The normalized spacial score (nSPS) is 11.8. The minimum atomic E-state index is -3.37. The van der Waals surface area contributed by atoms with Crippen LogP contribution in [0, 0.1) is 0 Å². The zero-order valence-electron chi connectivity index (χ0n) is 22.3. The van der Waals surface area contributed by atoms with Crippen molar-refractivity contribution in [1.82, 2.24) is 0 Å². The van der Waals surface area contributed by atoms with Crippen molar-refractivity contribution < 1.29 is 61.6 Å². The Morgan fingerprint density at radius 3 is 0.875 bits per heavy atom. The van der Waals surface area contributed by atoms with E-state index in [0.29, 0.717) is 58.2 Å². The summed E-state index contributed by atoms with van der Waals surface area (Å²) in [6.45, 7) is 1.38. The monoisotopic (exact) mass is 604 g/mol. The molecule has 21 nitrogen and oxygen atoms in total. The molecule has 0 radical (unpaired) electrons. The summed E-state index contributed by atoms with van der Waals surface area (Å²) in [6.07, 6.45) is 3.39. The van der Waals surface area contributed by atoms with Gasteiger partial charge in [0.05, 0.1) is 0 Å². The van der Waals surface area contributed by atoms with Crippen LogP contribution in [0.2, 0.25) is 0 Å². The van der Waals surface area contributed by atoms with Gasteiger partial charge in [-0.1, -0.05) is 0 Å². The Balaban J connectivity index is -0.000000227. The predicted octanol–water partition coefficient (Wildman–Crippen LogP) is -9.50. The first-order valence-electron chi connectivity index (χ1n) is 11.5. The van der Waals surface area contributed by atoms with E-state index in [1.54, 1.807) is 0 Å². The first-order chi connectivity index (χ1) is 18.3. The smallest absolute Gasteiger partial charge is 0.362 e. The molecule has 0 amide bonds. The topological polar surface area (TPSA) is 457 Å². The van der Waals surface area contributed by atoms with Crippen molar-refractivity contribution in [2.75, 3.05) is 19.6 Å². The second-order valence-corrected chi connectivity index (χ2v) is 8.12. The number of hydrogen-bond acceptors (Lipinski definition) is 9. The van der Waals surface area contributed by atoms with Gasteiger partial charge in [0.2, 0.25) is 0 Å². The van der Waals surface area contributed by atoms with Crippen LogP contribution in [0.4, 0.5) is 0 Å². The Labute approximate surface area is 232 Å². The molecule has 24 N–H and O–H groups in total. The summed E-state index contributed by atoms with van der Waals surface area (Å²) in [7, 11) is -3.37. The number of quaternary nitrogens is 3. The van der Waals surface area contributed by atoms with Gasteiger partial charge >= 0.3 is 17.9 Å². The lowest BCUT2D eigenvalue weighted by molar-refractivity contribution is -0.409. The highest BCUT2D eigenvalue weighted by Crippen LogP contribution is 1.94. The molecular weight excluding hydrogens is 559 g/mol. The number of guanidine groups is 3. The molecule has 0 unspecified atom stereocenters. The summed E-state index contributed by atoms with van der Waals surface area (Å²) < 4.78 is 0. The summed E-state index contributed by atoms with van der Waals surface area (Å²) in [4.78, 5) is 67.4. The molecule has 0 aromatic rings. The van der Waals surface area contributed by atoms with Crippen LogP contribution >= 0.6 is 8.60 Å². The summed E-state index contributed by atoms with van der Waals surface area (Å²) in [6, 6.07) is -1.71. The molecule has 0 saturated carbocycles. The number of aliphatic carboxylic acids is 3. The van der Waals surface area contributed by atoms with Crippen LogP contribution in [0.25, 0.3) is 0 Å². The molecule has 3 atom stereocenters. The van der Waals surface area contributed by atoms with E-state index in [-0.39, 0.29) is 17.9 Å². The fraction of sp³-hybridized carbons (Fsp3) is 0.667. The number of nitrogens with zero attached hydrogens (tertiary/aromatic N) is 3. The van der Waals surface area contributed by atoms with E-state index in [2.05, 4.69) is 32.2 Å². The van der Waals surface area contributed by atoms with Crippen molar-refractivity contribution in [2.24, 2.45) is 49.4 Å². The molecule has 0 aromatic heterocycles. The number of carboxylic acids is 3. The Hall–Kier alpha value is -3.59. The lowest BCUT2D eigenvalue weighted by Crippen LogP contribution is -2.64. The number of rotatable bonds is 15. The molecule has 0 aromatic carbocycles. The van der Waals surface area contributed by atoms with Crippen LogP contribution < -0.4 is 66.3 Å². The average Bonchev–Trinajstić information content (AvgIpc) is 2.81. The summed E-state index contributed by atoms with van der Waals surface area (Å²) in [5, 5.41) is 25.3. The number of carbonyl (C=O) groups is 3. The first-order valence-corrected chi connectivity index (χ1v) is 12.6. The average molecular weight is 605 g/mol. The lowest BCUT2D eigenvalue weighted by atomic mass is 10.2. The largest absolute Gasteiger partial charge is 0.854 e. The van der Waals surface area contributed by atoms with Crippen LogP contribution in [-0.2, 0) is 14.4 Å². The van der Waals surface area contributed by atoms with Gasteiger partial charge in [-0.3, -0.25) is 15.0 Å². The molecule has 236 valence electrons. The van der Waals surface area contributed by atoms with Gasteiger partial charge in [-0.05, 0) is 19.3 Å². The third-order valence-corrected chi connectivity index (χ3v) is 4.06. The standard InChI is InChI=1S/3C6H14N4O2.O3P/c3*7-4(5(11)12)2-1-3-10-6(8)9;1-4(2)3/h3*4H,1-3,7H2,(H,11,12)(H4,8,9,10);/q;;;-3/p+3/t3*4-;/m000./s1. The molecule has 0 aliphatic rings. The van der Waals surface area contributed by atoms with Crippen molar-refractivity contribution >= 4 is 44.4 Å². The molecule has 0 spiro atoms. The Morgan fingerprint density at radius 2 is 0.750 bits per heavy atom. The quantitative estimate of drug-likeness (QED) is 0.0357. The molecule has 0 aliphatic carbocycles. The summed E-state index contributed by atoms with van der Waals surface area (Å²) >= 11 is 0. The lowest BCUT2D eigenvalue weighted by Gasteiger charge is -2.39. The van der Waals surface area contributed by atoms with E-state index in [0.717, 1.165) is 0 Å². The van der Waals surface area contributed by atoms with Gasteiger partial charge in [-0.25, -0.2) is 14.4 Å². The van der Waals surface area contributed by atoms with Gasteiger partial charge in [-0.2, -0.15) is 0 Å². The minimum Gasteiger partial charge on any atom is -0.854 e. The molecule has 22 heteroatoms. The number of nitrogens with two attached hydrogens (primary N) is 6. The van der Waals surface area contributed by atoms with E-state index in [9.17, 15) is 14.4 Å². The van der Waals surface area contributed by atoms with Gasteiger partial charge in [0, 0.05) is 38.9 Å². The molecular formula is C18H45N12O9P. The van der Waals surface area contributed by atoms with Crippen molar-refractivity contribution in [3.05, 3.63) is 0 Å². The van der Waals surface area contributed by atoms with E-state index in [1.165, 1.54) is 0 Å². The minimum absolute atomic E-state index is 0.0333. The zero-order chi connectivity index (χ0) is 32.3. The Morgan fingerprint density at radius 1 is 0.575 bits per heavy atom. The van der Waals surface area contributed by atoms with Crippen LogP contribution in [0.3, 0.4) is 0 Å². The van der Waals surface area contributed by atoms with E-state index in [4.69, 9.17) is 64.4 Å². The third kappa shape index (κ3) is 44.4. The number of hydrogen-bond donors (Lipinski definition) is 12. The Kier molecular flexibility index (Phi) is 30.9. The van der Waals surface area contributed by atoms with Gasteiger partial charge in [0.1, 0.15) is 0 Å². The molecule has 0 aliphatic heterocycles. The predicted molar refractivity (Wildman–Crippen MR) is 140 cm³/mol. The second-order valence-electron chi connectivity index (χ2n) is 7.68. The third-order valence-electron chi connectivity index (χ3n) is 4.06. The fourth-order valence-corrected chi connectivity index (χ4v) is 2.01. The van der Waals surface area contributed by atoms with Gasteiger partial charge < -0.3 is 90.2 Å². The second kappa shape index (κ2) is 28.4. The zero-order valence-corrected chi connectivity index (χ0v) is 23.2. The highest BCUT2D eigenvalue weighted by atomic mass is 31.2. The molecule has 0 fully saturated rings. The van der Waals surface area contributed by atoms with Gasteiger partial charge in [0.25, 0.3) is 0 Å². The maximum absolute atomic E-state index is 10.3. The maximum atomic E-state index is 10.3.